The molecule has 9 nitrogen and oxygen atoms in total. The van der Waals surface area contributed by atoms with E-state index in [1.54, 1.807) is 23.9 Å². The van der Waals surface area contributed by atoms with Crippen LogP contribution >= 0.6 is 34.7 Å². The molecule has 180 valence electrons. The molecular formula is C24H18ClN7O2S2. The number of nitrogens with one attached hydrogen (secondary N) is 1. The Morgan fingerprint density at radius 2 is 2.08 bits per heavy atom. The summed E-state index contributed by atoms with van der Waals surface area (Å²) in [6.45, 7) is 0. The van der Waals surface area contributed by atoms with Crippen molar-refractivity contribution in [2.24, 2.45) is 7.05 Å². The van der Waals surface area contributed by atoms with E-state index in [-0.39, 0.29) is 11.4 Å². The van der Waals surface area contributed by atoms with Gasteiger partial charge in [-0.25, -0.2) is 14.8 Å². The normalized spacial score (nSPS) is 11.1. The van der Waals surface area contributed by atoms with Crippen LogP contribution in [0.2, 0.25) is 5.02 Å². The van der Waals surface area contributed by atoms with Gasteiger partial charge in [-0.05, 0) is 18.2 Å². The molecule has 0 atom stereocenters. The zero-order valence-electron chi connectivity index (χ0n) is 19.1. The number of aryl methyl sites for hydroxylation is 1. The van der Waals surface area contributed by atoms with Gasteiger partial charge in [0.25, 0.3) is 0 Å². The van der Waals surface area contributed by atoms with Crippen molar-refractivity contribution in [1.82, 2.24) is 24.7 Å². The number of anilines is 1. The molecule has 0 aliphatic rings. The second-order valence-corrected chi connectivity index (χ2v) is 9.95. The van der Waals surface area contributed by atoms with Crippen LogP contribution in [0, 0.1) is 11.3 Å². The molecule has 0 aliphatic heterocycles. The van der Waals surface area contributed by atoms with Gasteiger partial charge < -0.3 is 15.0 Å². The minimum atomic E-state index is -0.592. The summed E-state index contributed by atoms with van der Waals surface area (Å²) in [4.78, 5) is 21.9. The molecule has 0 amide bonds. The van der Waals surface area contributed by atoms with Gasteiger partial charge in [-0.3, -0.25) is 5.10 Å². The number of carbonyl (C=O) groups excluding carboxylic acids is 1. The number of thioether (sulfide) groups is 1. The summed E-state index contributed by atoms with van der Waals surface area (Å²) in [5.41, 5.74) is 10.4. The topological polar surface area (TPSA) is 136 Å². The highest BCUT2D eigenvalue weighted by Gasteiger charge is 2.28. The van der Waals surface area contributed by atoms with Gasteiger partial charge in [0, 0.05) is 40.5 Å². The van der Waals surface area contributed by atoms with E-state index in [9.17, 15) is 10.1 Å². The van der Waals surface area contributed by atoms with Gasteiger partial charge >= 0.3 is 5.97 Å². The number of nitrogens with zero attached hydrogens (tertiary/aromatic N) is 5. The first-order valence-corrected chi connectivity index (χ1v) is 12.8. The Hall–Kier alpha value is -3.85. The number of rotatable bonds is 6. The smallest absolute Gasteiger partial charge is 0.356 e. The highest BCUT2D eigenvalue weighted by Crippen LogP contribution is 2.41. The SMILES string of the molecule is COC(=O)c1c(N)c2c(-c3cc[nH]n3)c(C#N)c(SCc3csc(-c4ccc(Cl)cc4)n3)nc2n1C. The number of halogens is 1. The molecule has 0 spiro atoms. The number of carbonyl (C=O) groups is 1. The number of nitriles is 1. The predicted molar refractivity (Wildman–Crippen MR) is 141 cm³/mol. The maximum atomic E-state index is 12.5. The van der Waals surface area contributed by atoms with Crippen molar-refractivity contribution in [2.75, 3.05) is 12.8 Å². The minimum Gasteiger partial charge on any atom is -0.464 e. The number of hydrogen-bond donors (Lipinski definition) is 2. The largest absolute Gasteiger partial charge is 0.464 e. The van der Waals surface area contributed by atoms with E-state index in [0.29, 0.717) is 43.7 Å². The lowest BCUT2D eigenvalue weighted by molar-refractivity contribution is 0.0591. The Bertz CT molecular complexity index is 1630. The van der Waals surface area contributed by atoms with Crippen molar-refractivity contribution in [2.45, 2.75) is 10.8 Å². The Morgan fingerprint density at radius 1 is 1.31 bits per heavy atom. The molecule has 4 aromatic heterocycles. The molecule has 0 bridgehead atoms. The van der Waals surface area contributed by atoms with Crippen LogP contribution in [0.1, 0.15) is 21.7 Å². The molecule has 3 N–H and O–H groups in total. The van der Waals surface area contributed by atoms with E-state index < -0.39 is 5.97 Å². The number of ether oxygens (including phenoxy) is 1. The summed E-state index contributed by atoms with van der Waals surface area (Å²) >= 11 is 8.91. The Kier molecular flexibility index (Phi) is 6.40. The maximum absolute atomic E-state index is 12.5. The van der Waals surface area contributed by atoms with E-state index in [2.05, 4.69) is 16.3 Å². The third-order valence-corrected chi connectivity index (χ3v) is 7.77. The first-order valence-electron chi connectivity index (χ1n) is 10.6. The summed E-state index contributed by atoms with van der Waals surface area (Å²) < 4.78 is 6.50. The number of hydrogen-bond acceptors (Lipinski definition) is 9. The zero-order chi connectivity index (χ0) is 25.4. The lowest BCUT2D eigenvalue weighted by Crippen LogP contribution is -2.10. The summed E-state index contributed by atoms with van der Waals surface area (Å²) in [5, 5.41) is 21.7. The van der Waals surface area contributed by atoms with Gasteiger partial charge in [-0.15, -0.1) is 11.3 Å². The number of nitrogens with two attached hydrogens (primary N) is 1. The third-order valence-electron chi connectivity index (χ3n) is 5.57. The van der Waals surface area contributed by atoms with Crippen LogP contribution in [0.5, 0.6) is 0 Å². The number of esters is 1. The number of aromatic nitrogens is 5. The number of H-pyrrole nitrogens is 1. The van der Waals surface area contributed by atoms with Crippen LogP contribution in [0.3, 0.4) is 0 Å². The monoisotopic (exact) mass is 535 g/mol. The van der Waals surface area contributed by atoms with Crippen LogP contribution in [-0.4, -0.2) is 37.8 Å². The molecule has 0 saturated carbocycles. The van der Waals surface area contributed by atoms with Crippen molar-refractivity contribution >= 4 is 57.4 Å². The first-order chi connectivity index (χ1) is 17.4. The maximum Gasteiger partial charge on any atom is 0.356 e. The van der Waals surface area contributed by atoms with Gasteiger partial charge in [0.15, 0.2) is 5.69 Å². The van der Waals surface area contributed by atoms with E-state index in [0.717, 1.165) is 16.3 Å². The number of fused-ring (bicyclic) bond motifs is 1. The molecule has 5 rings (SSSR count). The fourth-order valence-electron chi connectivity index (χ4n) is 3.90. The average Bonchev–Trinajstić information content (AvgIpc) is 3.63. The number of methoxy groups -OCH3 is 1. The first kappa shape index (κ1) is 23.9. The summed E-state index contributed by atoms with van der Waals surface area (Å²) in [5.74, 6) is -0.105. The van der Waals surface area contributed by atoms with E-state index >= 15 is 0 Å². The molecule has 4 heterocycles. The van der Waals surface area contributed by atoms with Gasteiger partial charge in [0.2, 0.25) is 0 Å². The van der Waals surface area contributed by atoms with Crippen molar-refractivity contribution in [1.29, 1.82) is 5.26 Å². The van der Waals surface area contributed by atoms with Crippen LogP contribution in [0.15, 0.2) is 46.9 Å². The summed E-state index contributed by atoms with van der Waals surface area (Å²) in [6.07, 6.45) is 1.66. The molecule has 0 radical (unpaired) electrons. The highest BCUT2D eigenvalue weighted by molar-refractivity contribution is 7.98. The fourth-order valence-corrected chi connectivity index (χ4v) is 5.84. The number of benzene rings is 1. The molecule has 5 aromatic rings. The Morgan fingerprint density at radius 3 is 2.75 bits per heavy atom. The third kappa shape index (κ3) is 4.09. The zero-order valence-corrected chi connectivity index (χ0v) is 21.5. The molecule has 0 fully saturated rings. The van der Waals surface area contributed by atoms with Gasteiger partial charge in [0.05, 0.1) is 35.1 Å². The van der Waals surface area contributed by atoms with Crippen molar-refractivity contribution < 1.29 is 9.53 Å². The predicted octanol–water partition coefficient (Wildman–Crippen LogP) is 5.27. The van der Waals surface area contributed by atoms with Crippen LogP contribution in [0.25, 0.3) is 32.9 Å². The minimum absolute atomic E-state index is 0.162. The number of aromatic amines is 1. The van der Waals surface area contributed by atoms with E-state index in [4.69, 9.17) is 32.0 Å². The molecule has 0 unspecified atom stereocenters. The van der Waals surface area contributed by atoms with Gasteiger partial charge in [-0.2, -0.15) is 10.4 Å². The summed E-state index contributed by atoms with van der Waals surface area (Å²) in [6, 6.07) is 11.5. The summed E-state index contributed by atoms with van der Waals surface area (Å²) in [7, 11) is 2.97. The molecule has 36 heavy (non-hydrogen) atoms. The number of pyridine rings is 1. The Labute approximate surface area is 218 Å². The number of thiazole rings is 1. The van der Waals surface area contributed by atoms with Crippen molar-refractivity contribution in [3.63, 3.8) is 0 Å². The van der Waals surface area contributed by atoms with E-state index in [1.807, 2.05) is 29.6 Å². The lowest BCUT2D eigenvalue weighted by Gasteiger charge is -2.10. The second-order valence-electron chi connectivity index (χ2n) is 7.69. The fraction of sp³-hybridized carbons (Fsp3) is 0.125. The molecule has 1 aromatic carbocycles. The molecular weight excluding hydrogens is 518 g/mol. The quantitative estimate of drug-likeness (QED) is 0.221. The molecule has 0 saturated heterocycles. The Balaban J connectivity index is 1.59. The van der Waals surface area contributed by atoms with Crippen LogP contribution in [0.4, 0.5) is 5.69 Å². The standard InChI is InChI=1S/C24H18ClN7O2S2/c1-32-20(24(33)34-2)19(27)18-17(16-7-8-28-31-16)15(9-26)23(30-21(18)32)36-11-14-10-35-22(29-14)12-3-5-13(25)6-4-12/h3-8,10H,11,27H2,1-2H3,(H,28,31). The molecule has 0 aliphatic carbocycles. The van der Waals surface area contributed by atoms with Crippen LogP contribution < -0.4 is 5.73 Å². The van der Waals surface area contributed by atoms with E-state index in [1.165, 1.54) is 30.2 Å². The van der Waals surface area contributed by atoms with Gasteiger partial charge in [-0.1, -0.05) is 35.5 Å². The highest BCUT2D eigenvalue weighted by atomic mass is 35.5. The number of nitrogen functional groups attached to an aromatic ring is 1. The van der Waals surface area contributed by atoms with Gasteiger partial charge in [0.1, 0.15) is 21.7 Å². The van der Waals surface area contributed by atoms with Crippen molar-refractivity contribution in [3.05, 3.63) is 63.9 Å². The lowest BCUT2D eigenvalue weighted by atomic mass is 10.0. The van der Waals surface area contributed by atoms with Crippen LogP contribution in [-0.2, 0) is 17.5 Å². The molecule has 12 heteroatoms. The van der Waals surface area contributed by atoms with Crippen molar-refractivity contribution in [3.8, 4) is 27.9 Å². The second kappa shape index (κ2) is 9.66. The average molecular weight is 536 g/mol.